The third-order valence-corrected chi connectivity index (χ3v) is 3.36. The molecule has 0 spiro atoms. The summed E-state index contributed by atoms with van der Waals surface area (Å²) in [6.45, 7) is 6.93. The zero-order valence-electron chi connectivity index (χ0n) is 11.4. The van der Waals surface area contributed by atoms with E-state index in [0.717, 1.165) is 25.7 Å². The van der Waals surface area contributed by atoms with Gasteiger partial charge in [-0.2, -0.15) is 0 Å². The molecule has 0 saturated carbocycles. The molecular formula is C13H28N2O2. The summed E-state index contributed by atoms with van der Waals surface area (Å²) in [4.78, 5) is 11.8. The van der Waals surface area contributed by atoms with E-state index in [4.69, 9.17) is 10.8 Å². The van der Waals surface area contributed by atoms with Crippen LogP contribution in [0.15, 0.2) is 0 Å². The van der Waals surface area contributed by atoms with Gasteiger partial charge in [0.25, 0.3) is 0 Å². The van der Waals surface area contributed by atoms with Crippen LogP contribution in [-0.2, 0) is 4.79 Å². The molecule has 0 aromatic carbocycles. The molecule has 4 nitrogen and oxygen atoms in total. The summed E-state index contributed by atoms with van der Waals surface area (Å²) in [6, 6.07) is -0.420. The first-order valence-corrected chi connectivity index (χ1v) is 6.70. The number of aliphatic hydroxyl groups excluding tert-OH is 1. The molecule has 0 bridgehead atoms. The van der Waals surface area contributed by atoms with Crippen molar-refractivity contribution >= 4 is 5.91 Å². The van der Waals surface area contributed by atoms with Gasteiger partial charge in [0.15, 0.2) is 0 Å². The highest BCUT2D eigenvalue weighted by molar-refractivity contribution is 5.81. The molecule has 0 radical (unpaired) electrons. The lowest BCUT2D eigenvalue weighted by molar-refractivity contribution is -0.123. The molecule has 0 heterocycles. The second kappa shape index (κ2) is 9.42. The van der Waals surface area contributed by atoms with Crippen molar-refractivity contribution in [3.8, 4) is 0 Å². The van der Waals surface area contributed by atoms with Gasteiger partial charge in [0.05, 0.1) is 6.04 Å². The highest BCUT2D eigenvalue weighted by atomic mass is 16.3. The highest BCUT2D eigenvalue weighted by Gasteiger charge is 2.19. The summed E-state index contributed by atoms with van der Waals surface area (Å²) >= 11 is 0. The number of carbonyl (C=O) groups excluding carboxylic acids is 1. The number of hydrogen-bond acceptors (Lipinski definition) is 3. The van der Waals surface area contributed by atoms with E-state index in [9.17, 15) is 4.79 Å². The van der Waals surface area contributed by atoms with Crippen LogP contribution in [0.3, 0.4) is 0 Å². The third-order valence-electron chi connectivity index (χ3n) is 3.36. The van der Waals surface area contributed by atoms with Crippen molar-refractivity contribution in [1.82, 2.24) is 5.32 Å². The maximum absolute atomic E-state index is 11.8. The fourth-order valence-electron chi connectivity index (χ4n) is 1.81. The lowest BCUT2D eigenvalue weighted by Crippen LogP contribution is -2.46. The summed E-state index contributed by atoms with van der Waals surface area (Å²) in [5, 5.41) is 11.8. The largest absolute Gasteiger partial charge is 0.396 e. The van der Waals surface area contributed by atoms with Crippen LogP contribution < -0.4 is 11.1 Å². The Bertz CT molecular complexity index is 204. The Balaban J connectivity index is 4.02. The molecule has 0 fully saturated rings. The first-order valence-electron chi connectivity index (χ1n) is 6.70. The average molecular weight is 244 g/mol. The molecule has 1 amide bonds. The van der Waals surface area contributed by atoms with E-state index in [1.165, 1.54) is 0 Å². The second-order valence-corrected chi connectivity index (χ2v) is 4.82. The molecule has 17 heavy (non-hydrogen) atoms. The number of rotatable bonds is 9. The van der Waals surface area contributed by atoms with Crippen LogP contribution in [0.4, 0.5) is 0 Å². The number of aliphatic hydroxyl groups is 1. The molecule has 0 aromatic heterocycles. The zero-order chi connectivity index (χ0) is 13.3. The number of amides is 1. The topological polar surface area (TPSA) is 75.3 Å². The average Bonchev–Trinajstić information content (AvgIpc) is 2.34. The number of carbonyl (C=O) groups is 1. The Hall–Kier alpha value is -0.610. The predicted octanol–water partition coefficient (Wildman–Crippen LogP) is 1.27. The van der Waals surface area contributed by atoms with E-state index in [-0.39, 0.29) is 18.4 Å². The molecule has 3 atom stereocenters. The van der Waals surface area contributed by atoms with Crippen molar-refractivity contribution in [3.63, 3.8) is 0 Å². The monoisotopic (exact) mass is 244 g/mol. The maximum Gasteiger partial charge on any atom is 0.237 e. The number of nitrogens with two attached hydrogens (primary N) is 1. The van der Waals surface area contributed by atoms with Gasteiger partial charge in [-0.3, -0.25) is 4.79 Å². The van der Waals surface area contributed by atoms with Gasteiger partial charge < -0.3 is 16.2 Å². The lowest BCUT2D eigenvalue weighted by atomic mass is 9.97. The first kappa shape index (κ1) is 16.4. The maximum atomic E-state index is 11.8. The summed E-state index contributed by atoms with van der Waals surface area (Å²) in [5.74, 6) is 0.494. The van der Waals surface area contributed by atoms with E-state index >= 15 is 0 Å². The van der Waals surface area contributed by atoms with E-state index in [1.807, 2.05) is 13.8 Å². The zero-order valence-corrected chi connectivity index (χ0v) is 11.4. The quantitative estimate of drug-likeness (QED) is 0.572. The molecule has 102 valence electrons. The Morgan fingerprint density at radius 3 is 2.47 bits per heavy atom. The molecule has 0 rings (SSSR count). The fraction of sp³-hybridized carbons (Fsp3) is 0.923. The minimum atomic E-state index is -0.420. The standard InChI is InChI=1S/C13H28N2O2/c1-4-6-11(7-8-16)9-15-13(17)12(14)10(3)5-2/h10-12,16H,4-9,14H2,1-3H3,(H,15,17)/t10?,11?,12-/m0/s1. The minimum absolute atomic E-state index is 0.0709. The smallest absolute Gasteiger partial charge is 0.237 e. The van der Waals surface area contributed by atoms with Crippen molar-refractivity contribution < 1.29 is 9.90 Å². The van der Waals surface area contributed by atoms with E-state index in [0.29, 0.717) is 12.5 Å². The van der Waals surface area contributed by atoms with Gasteiger partial charge in [0.1, 0.15) is 0 Å². The third kappa shape index (κ3) is 6.64. The summed E-state index contributed by atoms with van der Waals surface area (Å²) in [5.41, 5.74) is 5.84. The Labute approximate surface area is 105 Å². The van der Waals surface area contributed by atoms with E-state index < -0.39 is 6.04 Å². The van der Waals surface area contributed by atoms with Crippen molar-refractivity contribution in [1.29, 1.82) is 0 Å². The van der Waals surface area contributed by atoms with Gasteiger partial charge >= 0.3 is 0 Å². The Morgan fingerprint density at radius 2 is 2.00 bits per heavy atom. The summed E-state index contributed by atoms with van der Waals surface area (Å²) in [6.07, 6.45) is 3.74. The van der Waals surface area contributed by atoms with Crippen molar-refractivity contribution in [3.05, 3.63) is 0 Å². The van der Waals surface area contributed by atoms with Crippen LogP contribution >= 0.6 is 0 Å². The lowest BCUT2D eigenvalue weighted by Gasteiger charge is -2.20. The highest BCUT2D eigenvalue weighted by Crippen LogP contribution is 2.10. The van der Waals surface area contributed by atoms with Crippen molar-refractivity contribution in [2.45, 2.75) is 52.5 Å². The molecule has 4 N–H and O–H groups in total. The van der Waals surface area contributed by atoms with E-state index in [1.54, 1.807) is 0 Å². The van der Waals surface area contributed by atoms with Gasteiger partial charge in [0.2, 0.25) is 5.91 Å². The minimum Gasteiger partial charge on any atom is -0.396 e. The predicted molar refractivity (Wildman–Crippen MR) is 70.5 cm³/mol. The Morgan fingerprint density at radius 1 is 1.35 bits per heavy atom. The molecule has 2 unspecified atom stereocenters. The number of nitrogens with one attached hydrogen (secondary N) is 1. The van der Waals surface area contributed by atoms with Gasteiger partial charge in [-0.05, 0) is 24.7 Å². The fourth-order valence-corrected chi connectivity index (χ4v) is 1.81. The van der Waals surface area contributed by atoms with Crippen LogP contribution in [0.25, 0.3) is 0 Å². The van der Waals surface area contributed by atoms with Crippen LogP contribution in [0, 0.1) is 11.8 Å². The summed E-state index contributed by atoms with van der Waals surface area (Å²) in [7, 11) is 0. The second-order valence-electron chi connectivity index (χ2n) is 4.82. The summed E-state index contributed by atoms with van der Waals surface area (Å²) < 4.78 is 0. The SMILES string of the molecule is CCCC(CCO)CNC(=O)[C@@H](N)C(C)CC. The molecule has 0 saturated heterocycles. The molecular weight excluding hydrogens is 216 g/mol. The Kier molecular flexibility index (Phi) is 9.09. The molecule has 0 aliphatic heterocycles. The normalized spacial score (nSPS) is 16.3. The van der Waals surface area contributed by atoms with Gasteiger partial charge in [-0.25, -0.2) is 0 Å². The van der Waals surface area contributed by atoms with Crippen molar-refractivity contribution in [2.24, 2.45) is 17.6 Å². The van der Waals surface area contributed by atoms with Gasteiger partial charge in [0, 0.05) is 13.2 Å². The molecule has 0 aromatic rings. The van der Waals surface area contributed by atoms with Crippen LogP contribution in [0.1, 0.15) is 46.5 Å². The van der Waals surface area contributed by atoms with Crippen LogP contribution in [-0.4, -0.2) is 30.2 Å². The van der Waals surface area contributed by atoms with Crippen LogP contribution in [0.5, 0.6) is 0 Å². The van der Waals surface area contributed by atoms with E-state index in [2.05, 4.69) is 12.2 Å². The van der Waals surface area contributed by atoms with Gasteiger partial charge in [-0.1, -0.05) is 33.6 Å². The number of hydrogen-bond donors (Lipinski definition) is 3. The van der Waals surface area contributed by atoms with Crippen molar-refractivity contribution in [2.75, 3.05) is 13.2 Å². The first-order chi connectivity index (χ1) is 8.06. The van der Waals surface area contributed by atoms with Crippen LogP contribution in [0.2, 0.25) is 0 Å². The molecule has 4 heteroatoms. The molecule has 0 aliphatic rings. The van der Waals surface area contributed by atoms with Gasteiger partial charge in [-0.15, -0.1) is 0 Å². The molecule has 0 aliphatic carbocycles.